The van der Waals surface area contributed by atoms with E-state index >= 15 is 0 Å². The molecule has 1 aliphatic rings. The second-order valence-corrected chi connectivity index (χ2v) is 6.35. The molecule has 1 N–H and O–H groups in total. The number of aryl methyl sites for hydroxylation is 1. The van der Waals surface area contributed by atoms with E-state index in [9.17, 15) is 4.79 Å². The molecule has 1 saturated carbocycles. The second-order valence-electron chi connectivity index (χ2n) is 6.35. The van der Waals surface area contributed by atoms with Crippen molar-refractivity contribution in [2.45, 2.75) is 45.6 Å². The van der Waals surface area contributed by atoms with Crippen molar-refractivity contribution in [1.29, 1.82) is 0 Å². The zero-order chi connectivity index (χ0) is 15.0. The van der Waals surface area contributed by atoms with Crippen molar-refractivity contribution >= 4 is 16.9 Å². The van der Waals surface area contributed by atoms with Crippen LogP contribution in [0.5, 0.6) is 0 Å². The number of hydrogen-bond acceptors (Lipinski definition) is 2. The molecule has 1 fully saturated rings. The average molecular weight is 285 g/mol. The Morgan fingerprint density at radius 2 is 2.19 bits per heavy atom. The molecule has 1 aromatic carbocycles. The van der Waals surface area contributed by atoms with Gasteiger partial charge in [0.25, 0.3) is 0 Å². The third kappa shape index (κ3) is 2.67. The van der Waals surface area contributed by atoms with Gasteiger partial charge in [0.2, 0.25) is 5.91 Å². The van der Waals surface area contributed by atoms with Crippen LogP contribution in [0.3, 0.4) is 0 Å². The van der Waals surface area contributed by atoms with Crippen molar-refractivity contribution in [3.05, 3.63) is 29.6 Å². The topological polar surface area (TPSA) is 46.9 Å². The number of hydrogen-bond donors (Lipinski definition) is 1. The van der Waals surface area contributed by atoms with Crippen LogP contribution in [0.1, 0.15) is 50.4 Å². The van der Waals surface area contributed by atoms with Crippen molar-refractivity contribution in [3.8, 4) is 0 Å². The Morgan fingerprint density at radius 3 is 2.81 bits per heavy atom. The SMILES string of the molecule is CC(C)c1nc2cc(CNC(=O)C3CCC3)ccc2n1C. The number of rotatable bonds is 4. The Hall–Kier alpha value is -1.84. The first-order chi connectivity index (χ1) is 10.1. The van der Waals surface area contributed by atoms with Crippen LogP contribution in [0.15, 0.2) is 18.2 Å². The van der Waals surface area contributed by atoms with Crippen LogP contribution in [0.2, 0.25) is 0 Å². The molecule has 1 heterocycles. The summed E-state index contributed by atoms with van der Waals surface area (Å²) in [7, 11) is 2.06. The van der Waals surface area contributed by atoms with Gasteiger partial charge in [0.1, 0.15) is 5.82 Å². The van der Waals surface area contributed by atoms with Crippen molar-refractivity contribution in [1.82, 2.24) is 14.9 Å². The zero-order valence-electron chi connectivity index (χ0n) is 13.0. The molecule has 0 spiro atoms. The molecule has 3 rings (SSSR count). The molecule has 1 aliphatic carbocycles. The summed E-state index contributed by atoms with van der Waals surface area (Å²) in [6.45, 7) is 4.90. The smallest absolute Gasteiger partial charge is 0.223 e. The number of amides is 1. The highest BCUT2D eigenvalue weighted by Gasteiger charge is 2.24. The molecule has 2 aromatic rings. The Morgan fingerprint density at radius 1 is 1.43 bits per heavy atom. The predicted octanol–water partition coefficient (Wildman–Crippen LogP) is 3.11. The van der Waals surface area contributed by atoms with E-state index in [1.165, 1.54) is 6.42 Å². The minimum atomic E-state index is 0.199. The number of carbonyl (C=O) groups excluding carboxylic acids is 1. The molecule has 0 atom stereocenters. The number of imidazole rings is 1. The van der Waals surface area contributed by atoms with Crippen LogP contribution in [-0.2, 0) is 18.4 Å². The van der Waals surface area contributed by atoms with Crippen LogP contribution in [0.4, 0.5) is 0 Å². The Balaban J connectivity index is 1.76. The van der Waals surface area contributed by atoms with Gasteiger partial charge in [-0.2, -0.15) is 0 Å². The van der Waals surface area contributed by atoms with Gasteiger partial charge in [-0.3, -0.25) is 4.79 Å². The standard InChI is InChI=1S/C17H23N3O/c1-11(2)16-19-14-9-12(7-8-15(14)20(16)3)10-18-17(21)13-5-4-6-13/h7-9,11,13H,4-6,10H2,1-3H3,(H,18,21). The summed E-state index contributed by atoms with van der Waals surface area (Å²) < 4.78 is 2.15. The number of benzene rings is 1. The minimum absolute atomic E-state index is 0.199. The molecule has 0 radical (unpaired) electrons. The molecule has 0 bridgehead atoms. The summed E-state index contributed by atoms with van der Waals surface area (Å²) >= 11 is 0. The van der Waals surface area contributed by atoms with E-state index in [0.717, 1.165) is 35.3 Å². The lowest BCUT2D eigenvalue weighted by molar-refractivity contribution is -0.127. The quantitative estimate of drug-likeness (QED) is 0.938. The molecule has 0 saturated heterocycles. The number of carbonyl (C=O) groups is 1. The molecule has 1 aromatic heterocycles. The largest absolute Gasteiger partial charge is 0.352 e. The van der Waals surface area contributed by atoms with E-state index < -0.39 is 0 Å². The predicted molar refractivity (Wildman–Crippen MR) is 84.0 cm³/mol. The van der Waals surface area contributed by atoms with Gasteiger partial charge >= 0.3 is 0 Å². The van der Waals surface area contributed by atoms with Gasteiger partial charge in [0.15, 0.2) is 0 Å². The fourth-order valence-corrected chi connectivity index (χ4v) is 2.89. The molecule has 4 nitrogen and oxygen atoms in total. The van der Waals surface area contributed by atoms with Gasteiger partial charge in [-0.05, 0) is 30.5 Å². The Labute approximate surface area is 125 Å². The van der Waals surface area contributed by atoms with E-state index in [0.29, 0.717) is 12.5 Å². The summed E-state index contributed by atoms with van der Waals surface area (Å²) in [6.07, 6.45) is 3.28. The van der Waals surface area contributed by atoms with Crippen LogP contribution < -0.4 is 5.32 Å². The minimum Gasteiger partial charge on any atom is -0.352 e. The maximum atomic E-state index is 11.9. The summed E-state index contributed by atoms with van der Waals surface area (Å²) in [5.41, 5.74) is 3.27. The number of nitrogens with zero attached hydrogens (tertiary/aromatic N) is 2. The van der Waals surface area contributed by atoms with Crippen molar-refractivity contribution in [2.24, 2.45) is 13.0 Å². The van der Waals surface area contributed by atoms with E-state index in [2.05, 4.69) is 49.0 Å². The molecular formula is C17H23N3O. The molecule has 21 heavy (non-hydrogen) atoms. The lowest BCUT2D eigenvalue weighted by Gasteiger charge is -2.24. The summed E-state index contributed by atoms with van der Waals surface area (Å²) in [6, 6.07) is 6.26. The first kappa shape index (κ1) is 14.1. The lowest BCUT2D eigenvalue weighted by atomic mass is 9.85. The van der Waals surface area contributed by atoms with E-state index in [4.69, 9.17) is 4.98 Å². The van der Waals surface area contributed by atoms with Gasteiger partial charge in [-0.15, -0.1) is 0 Å². The summed E-state index contributed by atoms with van der Waals surface area (Å²) in [5.74, 6) is 1.95. The van der Waals surface area contributed by atoms with Crippen molar-refractivity contribution in [2.75, 3.05) is 0 Å². The lowest BCUT2D eigenvalue weighted by Crippen LogP contribution is -2.33. The van der Waals surface area contributed by atoms with Gasteiger partial charge in [-0.1, -0.05) is 26.3 Å². The van der Waals surface area contributed by atoms with Crippen LogP contribution in [-0.4, -0.2) is 15.5 Å². The first-order valence-electron chi connectivity index (χ1n) is 7.79. The number of fused-ring (bicyclic) bond motifs is 1. The van der Waals surface area contributed by atoms with Gasteiger partial charge in [-0.25, -0.2) is 4.98 Å². The van der Waals surface area contributed by atoms with E-state index in [1.54, 1.807) is 0 Å². The third-order valence-electron chi connectivity index (χ3n) is 4.44. The third-order valence-corrected chi connectivity index (χ3v) is 4.44. The first-order valence-corrected chi connectivity index (χ1v) is 7.79. The highest BCUT2D eigenvalue weighted by atomic mass is 16.1. The molecule has 112 valence electrons. The number of aromatic nitrogens is 2. The molecule has 0 aliphatic heterocycles. The van der Waals surface area contributed by atoms with E-state index in [-0.39, 0.29) is 11.8 Å². The Kier molecular flexibility index (Phi) is 3.70. The van der Waals surface area contributed by atoms with Crippen LogP contribution >= 0.6 is 0 Å². The highest BCUT2D eigenvalue weighted by molar-refractivity contribution is 5.80. The van der Waals surface area contributed by atoms with Crippen LogP contribution in [0.25, 0.3) is 11.0 Å². The Bertz CT molecular complexity index is 668. The van der Waals surface area contributed by atoms with Gasteiger partial charge in [0, 0.05) is 25.4 Å². The zero-order valence-corrected chi connectivity index (χ0v) is 13.0. The fraction of sp³-hybridized carbons (Fsp3) is 0.529. The summed E-state index contributed by atoms with van der Waals surface area (Å²) in [5, 5.41) is 3.04. The van der Waals surface area contributed by atoms with Gasteiger partial charge in [0.05, 0.1) is 11.0 Å². The van der Waals surface area contributed by atoms with Crippen LogP contribution in [0, 0.1) is 5.92 Å². The van der Waals surface area contributed by atoms with Gasteiger partial charge < -0.3 is 9.88 Å². The monoisotopic (exact) mass is 285 g/mol. The normalized spacial score (nSPS) is 15.4. The molecule has 0 unspecified atom stereocenters. The average Bonchev–Trinajstić information content (AvgIpc) is 2.71. The molecule has 1 amide bonds. The fourth-order valence-electron chi connectivity index (χ4n) is 2.89. The summed E-state index contributed by atoms with van der Waals surface area (Å²) in [4.78, 5) is 16.6. The maximum Gasteiger partial charge on any atom is 0.223 e. The highest BCUT2D eigenvalue weighted by Crippen LogP contribution is 2.26. The molecular weight excluding hydrogens is 262 g/mol. The number of nitrogens with one attached hydrogen (secondary N) is 1. The second kappa shape index (κ2) is 5.51. The van der Waals surface area contributed by atoms with E-state index in [1.807, 2.05) is 0 Å². The molecule has 4 heteroatoms. The van der Waals surface area contributed by atoms with Crippen molar-refractivity contribution < 1.29 is 4.79 Å². The van der Waals surface area contributed by atoms with Crippen molar-refractivity contribution in [3.63, 3.8) is 0 Å². The maximum absolute atomic E-state index is 11.9.